The Morgan fingerprint density at radius 1 is 1.21 bits per heavy atom. The number of hydrogen-bond acceptors (Lipinski definition) is 2. The fourth-order valence-electron chi connectivity index (χ4n) is 3.78. The molecule has 2 nitrogen and oxygen atoms in total. The van der Waals surface area contributed by atoms with E-state index in [1.54, 1.807) is 0 Å². The molecule has 2 fully saturated rings. The van der Waals surface area contributed by atoms with Gasteiger partial charge in [-0.3, -0.25) is 4.79 Å². The molecule has 2 heteroatoms. The smallest absolute Gasteiger partial charge is 0.138 e. The Bertz CT molecular complexity index is 298. The van der Waals surface area contributed by atoms with Crippen molar-refractivity contribution >= 4 is 5.78 Å². The quantitative estimate of drug-likeness (QED) is 0.761. The highest BCUT2D eigenvalue weighted by atomic mass is 16.5. The van der Waals surface area contributed by atoms with Gasteiger partial charge in [0, 0.05) is 12.3 Å². The fourth-order valence-corrected chi connectivity index (χ4v) is 3.78. The second-order valence-electron chi connectivity index (χ2n) is 7.11. The van der Waals surface area contributed by atoms with Crippen molar-refractivity contribution in [1.82, 2.24) is 0 Å². The van der Waals surface area contributed by atoms with E-state index in [0.717, 1.165) is 25.2 Å². The second-order valence-corrected chi connectivity index (χ2v) is 7.11. The zero-order valence-electron chi connectivity index (χ0n) is 12.9. The van der Waals surface area contributed by atoms with Crippen LogP contribution in [-0.4, -0.2) is 18.5 Å². The highest BCUT2D eigenvalue weighted by Crippen LogP contribution is 2.36. The van der Waals surface area contributed by atoms with Gasteiger partial charge in [0.25, 0.3) is 0 Å². The first-order chi connectivity index (χ1) is 9.08. The standard InChI is InChI=1S/C17H30O2/c1-12(2)15-9-8-13(3)10-17(15)19-11-14-6-4-5-7-16(14)18/h12-15,17H,4-11H2,1-3H3. The molecule has 0 saturated heterocycles. The Morgan fingerprint density at radius 3 is 2.68 bits per heavy atom. The number of ketones is 1. The maximum Gasteiger partial charge on any atom is 0.138 e. The van der Waals surface area contributed by atoms with E-state index in [0.29, 0.717) is 30.3 Å². The summed E-state index contributed by atoms with van der Waals surface area (Å²) in [4.78, 5) is 11.9. The molecule has 0 aromatic carbocycles. The highest BCUT2D eigenvalue weighted by molar-refractivity contribution is 5.81. The van der Waals surface area contributed by atoms with Crippen LogP contribution < -0.4 is 0 Å². The minimum Gasteiger partial charge on any atom is -0.377 e. The van der Waals surface area contributed by atoms with Crippen molar-refractivity contribution in [2.45, 2.75) is 71.8 Å². The Morgan fingerprint density at radius 2 is 2.00 bits per heavy atom. The summed E-state index contributed by atoms with van der Waals surface area (Å²) in [5.41, 5.74) is 0. The van der Waals surface area contributed by atoms with Gasteiger partial charge < -0.3 is 4.74 Å². The fraction of sp³-hybridized carbons (Fsp3) is 0.941. The lowest BCUT2D eigenvalue weighted by atomic mass is 9.75. The van der Waals surface area contributed by atoms with E-state index < -0.39 is 0 Å². The number of rotatable bonds is 4. The van der Waals surface area contributed by atoms with Crippen molar-refractivity contribution in [3.63, 3.8) is 0 Å². The third-order valence-corrected chi connectivity index (χ3v) is 5.15. The first-order valence-electron chi connectivity index (χ1n) is 8.22. The summed E-state index contributed by atoms with van der Waals surface area (Å²) in [5, 5.41) is 0. The molecule has 2 aliphatic carbocycles. The molecule has 0 bridgehead atoms. The molecule has 2 saturated carbocycles. The van der Waals surface area contributed by atoms with Crippen LogP contribution >= 0.6 is 0 Å². The molecule has 0 N–H and O–H groups in total. The summed E-state index contributed by atoms with van der Waals surface area (Å²) in [6.45, 7) is 7.63. The average Bonchev–Trinajstić information content (AvgIpc) is 2.37. The highest BCUT2D eigenvalue weighted by Gasteiger charge is 2.32. The van der Waals surface area contributed by atoms with Gasteiger partial charge in [-0.15, -0.1) is 0 Å². The largest absolute Gasteiger partial charge is 0.377 e. The predicted octanol–water partition coefficient (Wildman–Crippen LogP) is 4.22. The van der Waals surface area contributed by atoms with Crippen LogP contribution in [0.4, 0.5) is 0 Å². The van der Waals surface area contributed by atoms with E-state index >= 15 is 0 Å². The van der Waals surface area contributed by atoms with Gasteiger partial charge >= 0.3 is 0 Å². The minimum absolute atomic E-state index is 0.193. The van der Waals surface area contributed by atoms with E-state index in [1.165, 1.54) is 25.7 Å². The summed E-state index contributed by atoms with van der Waals surface area (Å²) in [6, 6.07) is 0. The van der Waals surface area contributed by atoms with E-state index in [4.69, 9.17) is 4.74 Å². The lowest BCUT2D eigenvalue weighted by Crippen LogP contribution is -2.36. The van der Waals surface area contributed by atoms with Crippen LogP contribution in [-0.2, 0) is 9.53 Å². The van der Waals surface area contributed by atoms with Crippen LogP contribution in [0.15, 0.2) is 0 Å². The molecule has 0 radical (unpaired) electrons. The molecule has 0 heterocycles. The van der Waals surface area contributed by atoms with Crippen molar-refractivity contribution < 1.29 is 9.53 Å². The van der Waals surface area contributed by atoms with Crippen LogP contribution in [0.2, 0.25) is 0 Å². The van der Waals surface area contributed by atoms with E-state index in [9.17, 15) is 4.79 Å². The molecule has 2 rings (SSSR count). The van der Waals surface area contributed by atoms with E-state index in [-0.39, 0.29) is 5.92 Å². The average molecular weight is 266 g/mol. The molecule has 110 valence electrons. The van der Waals surface area contributed by atoms with E-state index in [2.05, 4.69) is 20.8 Å². The summed E-state index contributed by atoms with van der Waals surface area (Å²) in [7, 11) is 0. The SMILES string of the molecule is CC1CCC(C(C)C)C(OCC2CCCCC2=O)C1. The maximum absolute atomic E-state index is 11.9. The van der Waals surface area contributed by atoms with Gasteiger partial charge in [0.2, 0.25) is 0 Å². The van der Waals surface area contributed by atoms with Gasteiger partial charge in [0.15, 0.2) is 0 Å². The minimum atomic E-state index is 0.193. The zero-order valence-corrected chi connectivity index (χ0v) is 12.9. The lowest BCUT2D eigenvalue weighted by molar-refractivity contribution is -0.129. The predicted molar refractivity (Wildman–Crippen MR) is 78.0 cm³/mol. The molecule has 0 aliphatic heterocycles. The number of ether oxygens (including phenoxy) is 1. The van der Waals surface area contributed by atoms with E-state index in [1.807, 2.05) is 0 Å². The van der Waals surface area contributed by atoms with Crippen LogP contribution in [0.5, 0.6) is 0 Å². The zero-order chi connectivity index (χ0) is 13.8. The Hall–Kier alpha value is -0.370. The van der Waals surface area contributed by atoms with Gasteiger partial charge in [0.1, 0.15) is 5.78 Å². The summed E-state index contributed by atoms with van der Waals surface area (Å²) >= 11 is 0. The molecule has 0 aromatic rings. The van der Waals surface area contributed by atoms with Crippen LogP contribution in [0.25, 0.3) is 0 Å². The summed E-state index contributed by atoms with van der Waals surface area (Å²) < 4.78 is 6.22. The first-order valence-corrected chi connectivity index (χ1v) is 8.22. The molecular weight excluding hydrogens is 236 g/mol. The molecule has 2 aliphatic rings. The number of Topliss-reactive ketones (excluding diaryl/α,β-unsaturated/α-hetero) is 1. The topological polar surface area (TPSA) is 26.3 Å². The third-order valence-electron chi connectivity index (χ3n) is 5.15. The lowest BCUT2D eigenvalue weighted by Gasteiger charge is -2.38. The first kappa shape index (κ1) is 15.0. The van der Waals surface area contributed by atoms with Gasteiger partial charge in [0.05, 0.1) is 12.7 Å². The number of carbonyl (C=O) groups is 1. The Labute approximate surface area is 118 Å². The van der Waals surface area contributed by atoms with Crippen molar-refractivity contribution in [3.05, 3.63) is 0 Å². The second kappa shape index (κ2) is 6.88. The molecular formula is C17H30O2. The van der Waals surface area contributed by atoms with Crippen molar-refractivity contribution in [3.8, 4) is 0 Å². The van der Waals surface area contributed by atoms with Crippen molar-refractivity contribution in [1.29, 1.82) is 0 Å². The van der Waals surface area contributed by atoms with Gasteiger partial charge in [-0.05, 0) is 43.4 Å². The molecule has 0 spiro atoms. The molecule has 4 atom stereocenters. The summed E-state index contributed by atoms with van der Waals surface area (Å²) in [5.74, 6) is 2.80. The van der Waals surface area contributed by atoms with Gasteiger partial charge in [-0.1, -0.05) is 33.6 Å². The molecule has 19 heavy (non-hydrogen) atoms. The van der Waals surface area contributed by atoms with Crippen LogP contribution in [0.3, 0.4) is 0 Å². The van der Waals surface area contributed by atoms with Crippen molar-refractivity contribution in [2.24, 2.45) is 23.7 Å². The monoisotopic (exact) mass is 266 g/mol. The van der Waals surface area contributed by atoms with Crippen molar-refractivity contribution in [2.75, 3.05) is 6.61 Å². The van der Waals surface area contributed by atoms with Crippen LogP contribution in [0, 0.1) is 23.7 Å². The Balaban J connectivity index is 1.86. The number of carbonyl (C=O) groups excluding carboxylic acids is 1. The molecule has 0 aromatic heterocycles. The maximum atomic E-state index is 11.9. The summed E-state index contributed by atoms with van der Waals surface area (Å²) in [6.07, 6.45) is 8.32. The number of hydrogen-bond donors (Lipinski definition) is 0. The van der Waals surface area contributed by atoms with Gasteiger partial charge in [-0.2, -0.15) is 0 Å². The Kier molecular flexibility index (Phi) is 5.44. The molecule has 4 unspecified atom stereocenters. The molecule has 0 amide bonds. The third kappa shape index (κ3) is 4.05. The normalized spacial score (nSPS) is 36.7. The van der Waals surface area contributed by atoms with Gasteiger partial charge in [-0.25, -0.2) is 0 Å². The van der Waals surface area contributed by atoms with Crippen LogP contribution in [0.1, 0.15) is 65.7 Å².